The summed E-state index contributed by atoms with van der Waals surface area (Å²) in [5, 5.41) is 20.5. The highest BCUT2D eigenvalue weighted by molar-refractivity contribution is 5.95. The quantitative estimate of drug-likeness (QED) is 0.253. The first-order chi connectivity index (χ1) is 14.5. The molecule has 0 saturated carbocycles. The van der Waals surface area contributed by atoms with Crippen molar-refractivity contribution in [3.05, 3.63) is 46.1 Å². The van der Waals surface area contributed by atoms with Gasteiger partial charge in [0.2, 0.25) is 0 Å². The van der Waals surface area contributed by atoms with E-state index in [2.05, 4.69) is 6.08 Å². The number of aromatic carboxylic acids is 1. The van der Waals surface area contributed by atoms with Gasteiger partial charge in [0.05, 0.1) is 0 Å². The number of hydrogen-bond acceptors (Lipinski definition) is 5. The monoisotopic (exact) mass is 431 g/mol. The molecule has 1 aromatic rings. The number of phenols is 1. The summed E-state index contributed by atoms with van der Waals surface area (Å²) in [6.45, 7) is 11.6. The normalized spacial score (nSPS) is 12.6. The van der Waals surface area contributed by atoms with E-state index in [9.17, 15) is 19.8 Å². The number of allylic oxidation sites excluding steroid dienone is 4. The fourth-order valence-corrected chi connectivity index (χ4v) is 3.16. The minimum absolute atomic E-state index is 0.0808. The van der Waals surface area contributed by atoms with Gasteiger partial charge in [0.15, 0.2) is 5.75 Å². The van der Waals surface area contributed by atoms with Gasteiger partial charge in [-0.1, -0.05) is 50.5 Å². The number of carboxylic acids is 1. The van der Waals surface area contributed by atoms with Gasteiger partial charge in [-0.15, -0.1) is 0 Å². The highest BCUT2D eigenvalue weighted by Gasteiger charge is 2.28. The molecule has 6 nitrogen and oxygen atoms in total. The summed E-state index contributed by atoms with van der Waals surface area (Å²) in [7, 11) is 0. The maximum Gasteiger partial charge on any atom is 0.339 e. The zero-order valence-electron chi connectivity index (χ0n) is 19.6. The number of carbonyl (C=O) groups excluding carboxylic acids is 1. The predicted molar refractivity (Wildman–Crippen MR) is 124 cm³/mol. The second kappa shape index (κ2) is 12.3. The summed E-state index contributed by atoms with van der Waals surface area (Å²) in [4.78, 5) is 24.6. The van der Waals surface area contributed by atoms with Gasteiger partial charge < -0.3 is 20.7 Å². The number of nitrogens with two attached hydrogens (primary N) is 1. The van der Waals surface area contributed by atoms with E-state index in [-0.39, 0.29) is 35.0 Å². The molecule has 31 heavy (non-hydrogen) atoms. The zero-order chi connectivity index (χ0) is 23.7. The van der Waals surface area contributed by atoms with Gasteiger partial charge in [-0.2, -0.15) is 0 Å². The first-order valence-corrected chi connectivity index (χ1v) is 10.9. The smallest absolute Gasteiger partial charge is 0.339 e. The molecule has 0 radical (unpaired) electrons. The fraction of sp³-hybridized carbons (Fsp3) is 0.520. The number of phenolic OH excluding ortho intramolecular Hbond substituents is 1. The lowest BCUT2D eigenvalue weighted by molar-refractivity contribution is -0.136. The molecule has 1 aromatic carbocycles. The van der Waals surface area contributed by atoms with Crippen molar-refractivity contribution in [1.82, 2.24) is 0 Å². The van der Waals surface area contributed by atoms with Crippen LogP contribution in [-0.2, 0) is 17.6 Å². The van der Waals surface area contributed by atoms with Crippen LogP contribution in [0, 0.1) is 5.92 Å². The van der Waals surface area contributed by atoms with E-state index in [1.165, 1.54) is 11.6 Å². The van der Waals surface area contributed by atoms with Crippen LogP contribution in [0.3, 0.4) is 0 Å². The molecule has 1 atom stereocenters. The number of carbonyl (C=O) groups is 2. The number of esters is 1. The summed E-state index contributed by atoms with van der Waals surface area (Å²) in [6, 6.07) is 0.571. The molecule has 0 fully saturated rings. The van der Waals surface area contributed by atoms with E-state index in [1.807, 2.05) is 33.8 Å². The lowest BCUT2D eigenvalue weighted by Gasteiger charge is -2.20. The topological polar surface area (TPSA) is 110 Å². The molecule has 0 aliphatic heterocycles. The van der Waals surface area contributed by atoms with Crippen LogP contribution in [-0.4, -0.2) is 28.2 Å². The molecule has 0 aliphatic rings. The maximum absolute atomic E-state index is 12.6. The van der Waals surface area contributed by atoms with Crippen LogP contribution >= 0.6 is 0 Å². The number of hydrogen-bond donors (Lipinski definition) is 3. The van der Waals surface area contributed by atoms with Gasteiger partial charge in [-0.3, -0.25) is 0 Å². The third-order valence-electron chi connectivity index (χ3n) is 5.11. The molecule has 0 aliphatic carbocycles. The number of ether oxygens (including phenoxy) is 1. The van der Waals surface area contributed by atoms with Gasteiger partial charge >= 0.3 is 11.9 Å². The first kappa shape index (κ1) is 26.4. The van der Waals surface area contributed by atoms with Crippen molar-refractivity contribution in [2.45, 2.75) is 79.7 Å². The molecule has 172 valence electrons. The lowest BCUT2D eigenvalue weighted by Crippen LogP contribution is -2.39. The Hall–Kier alpha value is -2.60. The van der Waals surface area contributed by atoms with Gasteiger partial charge in [0.25, 0.3) is 0 Å². The molecule has 0 heterocycles. The van der Waals surface area contributed by atoms with Crippen LogP contribution in [0.2, 0.25) is 0 Å². The summed E-state index contributed by atoms with van der Waals surface area (Å²) in [5.74, 6) is -2.27. The average molecular weight is 432 g/mol. The Morgan fingerprint density at radius 3 is 2.35 bits per heavy atom. The summed E-state index contributed by atoms with van der Waals surface area (Å²) in [6.07, 6.45) is 7.19. The minimum Gasteiger partial charge on any atom is -0.508 e. The van der Waals surface area contributed by atoms with Crippen molar-refractivity contribution < 1.29 is 24.5 Å². The van der Waals surface area contributed by atoms with E-state index >= 15 is 0 Å². The van der Waals surface area contributed by atoms with Crippen molar-refractivity contribution in [2.75, 3.05) is 0 Å². The molecule has 0 saturated heterocycles. The molecular weight excluding hydrogens is 394 g/mol. The van der Waals surface area contributed by atoms with Gasteiger partial charge in [0, 0.05) is 5.56 Å². The predicted octanol–water partition coefficient (Wildman–Crippen LogP) is 5.17. The average Bonchev–Trinajstić information content (AvgIpc) is 2.66. The van der Waals surface area contributed by atoms with Crippen molar-refractivity contribution in [3.63, 3.8) is 0 Å². The molecule has 6 heteroatoms. The maximum atomic E-state index is 12.6. The van der Waals surface area contributed by atoms with Crippen LogP contribution in [0.15, 0.2) is 29.4 Å². The van der Waals surface area contributed by atoms with E-state index in [1.54, 1.807) is 13.8 Å². The number of rotatable bonds is 11. The molecular formula is C25H37NO5. The summed E-state index contributed by atoms with van der Waals surface area (Å²) in [5.41, 5.74) is 8.89. The van der Waals surface area contributed by atoms with Crippen LogP contribution in [0.4, 0.5) is 0 Å². The van der Waals surface area contributed by atoms with Crippen molar-refractivity contribution in [1.29, 1.82) is 0 Å². The van der Waals surface area contributed by atoms with E-state index < -0.39 is 18.0 Å². The molecule has 0 spiro atoms. The molecule has 0 amide bonds. The number of aromatic hydroxyl groups is 1. The third-order valence-corrected chi connectivity index (χ3v) is 5.11. The van der Waals surface area contributed by atoms with E-state index in [0.29, 0.717) is 18.4 Å². The Balaban J connectivity index is 3.44. The molecule has 0 bridgehead atoms. The first-order valence-electron chi connectivity index (χ1n) is 10.9. The molecule has 1 unspecified atom stereocenters. The second-order valence-electron chi connectivity index (χ2n) is 8.56. The molecule has 0 aromatic heterocycles. The Morgan fingerprint density at radius 2 is 1.84 bits per heavy atom. The fourth-order valence-electron chi connectivity index (χ4n) is 3.16. The Labute approximate surface area is 185 Å². The largest absolute Gasteiger partial charge is 0.508 e. The Bertz CT molecular complexity index is 848. The zero-order valence-corrected chi connectivity index (χ0v) is 19.6. The van der Waals surface area contributed by atoms with E-state index in [4.69, 9.17) is 10.5 Å². The Morgan fingerprint density at radius 1 is 1.19 bits per heavy atom. The van der Waals surface area contributed by atoms with Crippen LogP contribution in [0.25, 0.3) is 0 Å². The van der Waals surface area contributed by atoms with Crippen molar-refractivity contribution >= 4 is 11.9 Å². The Kier molecular flexibility index (Phi) is 10.5. The molecule has 4 N–H and O–H groups in total. The molecule has 1 rings (SSSR count). The highest BCUT2D eigenvalue weighted by atomic mass is 16.5. The van der Waals surface area contributed by atoms with Gasteiger partial charge in [-0.05, 0) is 64.0 Å². The van der Waals surface area contributed by atoms with Gasteiger partial charge in [0.1, 0.15) is 17.4 Å². The lowest BCUT2D eigenvalue weighted by atomic mass is 9.95. The standard InChI is InChI=1S/C25H37NO5/c1-7-9-18-14-20(27)19(13-12-17(6)11-8-10-15(2)3)23(21(18)24(28)29)31-25(30)22(26)16(4)5/h10,12,14,16,22,27H,7-9,11,13,26H2,1-6H3,(H,28,29)/b17-12+. The van der Waals surface area contributed by atoms with Crippen LogP contribution in [0.1, 0.15) is 82.3 Å². The SMILES string of the molecule is CCCc1cc(O)c(C/C=C(\C)CCC=C(C)C)c(OC(=O)C(N)C(C)C)c1C(=O)O. The third kappa shape index (κ3) is 7.87. The van der Waals surface area contributed by atoms with Crippen LogP contribution < -0.4 is 10.5 Å². The van der Waals surface area contributed by atoms with Crippen molar-refractivity contribution in [3.8, 4) is 11.5 Å². The summed E-state index contributed by atoms with van der Waals surface area (Å²) >= 11 is 0. The van der Waals surface area contributed by atoms with Crippen LogP contribution in [0.5, 0.6) is 11.5 Å². The minimum atomic E-state index is -1.20. The second-order valence-corrected chi connectivity index (χ2v) is 8.56. The van der Waals surface area contributed by atoms with Crippen molar-refractivity contribution in [2.24, 2.45) is 11.7 Å². The van der Waals surface area contributed by atoms with E-state index in [0.717, 1.165) is 18.4 Å². The highest BCUT2D eigenvalue weighted by Crippen LogP contribution is 2.37. The number of aryl methyl sites for hydroxylation is 1. The van der Waals surface area contributed by atoms with Gasteiger partial charge in [-0.25, -0.2) is 9.59 Å². The summed E-state index contributed by atoms with van der Waals surface area (Å²) < 4.78 is 5.53. The number of benzene rings is 1. The number of carboxylic acid groups (broad SMARTS) is 1.